The van der Waals surface area contributed by atoms with Crippen LogP contribution in [-0.4, -0.2) is 0 Å². The van der Waals surface area contributed by atoms with Crippen molar-refractivity contribution in [3.63, 3.8) is 0 Å². The summed E-state index contributed by atoms with van der Waals surface area (Å²) in [7, 11) is 0. The van der Waals surface area contributed by atoms with Crippen molar-refractivity contribution in [2.45, 2.75) is 40.5 Å². The van der Waals surface area contributed by atoms with E-state index in [9.17, 15) is 0 Å². The molecule has 0 spiro atoms. The first kappa shape index (κ1) is 13.8. The summed E-state index contributed by atoms with van der Waals surface area (Å²) in [6.45, 7) is 15.7. The van der Waals surface area contributed by atoms with Crippen molar-refractivity contribution < 1.29 is 0 Å². The number of allylic oxidation sites excluding steroid dienone is 1. The van der Waals surface area contributed by atoms with E-state index in [2.05, 4.69) is 40.9 Å². The summed E-state index contributed by atoms with van der Waals surface area (Å²) in [5, 5.41) is 0. The molecule has 0 aromatic rings. The summed E-state index contributed by atoms with van der Waals surface area (Å²) in [6.07, 6.45) is 4.15. The maximum atomic E-state index is 4.98. The van der Waals surface area contributed by atoms with E-state index in [1.165, 1.54) is 18.9 Å². The summed E-state index contributed by atoms with van der Waals surface area (Å²) in [5.41, 5.74) is 6.05. The molecular formula is C11H23N. The van der Waals surface area contributed by atoms with Crippen LogP contribution in [0.2, 0.25) is 0 Å². The van der Waals surface area contributed by atoms with Gasteiger partial charge in [-0.3, -0.25) is 0 Å². The SMILES string of the molecule is C=CC(=C)N.CCCC(C)(C)C. The van der Waals surface area contributed by atoms with E-state index in [0.717, 1.165) is 0 Å². The molecule has 12 heavy (non-hydrogen) atoms. The van der Waals surface area contributed by atoms with E-state index >= 15 is 0 Å². The lowest BCUT2D eigenvalue weighted by atomic mass is 9.91. The van der Waals surface area contributed by atoms with Crippen molar-refractivity contribution >= 4 is 0 Å². The molecule has 0 aliphatic carbocycles. The quantitative estimate of drug-likeness (QED) is 0.629. The van der Waals surface area contributed by atoms with Gasteiger partial charge in [-0.15, -0.1) is 0 Å². The maximum Gasteiger partial charge on any atom is 0.0234 e. The van der Waals surface area contributed by atoms with Crippen molar-refractivity contribution in [3.8, 4) is 0 Å². The van der Waals surface area contributed by atoms with Gasteiger partial charge in [-0.2, -0.15) is 0 Å². The molecule has 0 radical (unpaired) electrons. The Kier molecular flexibility index (Phi) is 8.03. The zero-order chi connectivity index (χ0) is 10.2. The van der Waals surface area contributed by atoms with Gasteiger partial charge in [0.2, 0.25) is 0 Å². The Balaban J connectivity index is 0. The molecule has 1 heteroatoms. The highest BCUT2D eigenvalue weighted by Gasteiger charge is 2.06. The summed E-state index contributed by atoms with van der Waals surface area (Å²) >= 11 is 0. The first-order chi connectivity index (χ1) is 5.33. The highest BCUT2D eigenvalue weighted by Crippen LogP contribution is 2.19. The van der Waals surface area contributed by atoms with Gasteiger partial charge in [-0.1, -0.05) is 47.3 Å². The van der Waals surface area contributed by atoms with Gasteiger partial charge in [0.15, 0.2) is 0 Å². The van der Waals surface area contributed by atoms with E-state index < -0.39 is 0 Å². The second-order valence-electron chi connectivity index (χ2n) is 4.09. The third kappa shape index (κ3) is 22.8. The number of nitrogens with two attached hydrogens (primary N) is 1. The molecular weight excluding hydrogens is 146 g/mol. The van der Waals surface area contributed by atoms with Crippen LogP contribution in [0, 0.1) is 5.41 Å². The smallest absolute Gasteiger partial charge is 0.0234 e. The molecule has 0 fully saturated rings. The molecule has 0 atom stereocenters. The average Bonchev–Trinajstić information content (AvgIpc) is 1.86. The van der Waals surface area contributed by atoms with Crippen molar-refractivity contribution in [1.82, 2.24) is 0 Å². The highest BCUT2D eigenvalue weighted by molar-refractivity contribution is 5.04. The third-order valence-corrected chi connectivity index (χ3v) is 1.26. The molecule has 0 rings (SSSR count). The first-order valence-electron chi connectivity index (χ1n) is 4.40. The Morgan fingerprint density at radius 3 is 1.75 bits per heavy atom. The number of hydrogen-bond acceptors (Lipinski definition) is 1. The van der Waals surface area contributed by atoms with Gasteiger partial charge >= 0.3 is 0 Å². The molecule has 0 bridgehead atoms. The standard InChI is InChI=1S/C7H16.C4H7N/c1-5-6-7(2,3)4;1-3-4(2)5/h5-6H2,1-4H3;3H,1-2,5H2. The Labute approximate surface area is 77.4 Å². The molecule has 1 nitrogen and oxygen atoms in total. The van der Waals surface area contributed by atoms with E-state index in [-0.39, 0.29) is 0 Å². The van der Waals surface area contributed by atoms with Crippen LogP contribution in [0.25, 0.3) is 0 Å². The minimum atomic E-state index is 0.519. The largest absolute Gasteiger partial charge is 0.399 e. The van der Waals surface area contributed by atoms with Gasteiger partial charge in [-0.05, 0) is 17.9 Å². The fraction of sp³-hybridized carbons (Fsp3) is 0.636. The molecule has 72 valence electrons. The fourth-order valence-corrected chi connectivity index (χ4v) is 0.750. The van der Waals surface area contributed by atoms with Crippen LogP contribution in [0.5, 0.6) is 0 Å². The molecule has 0 aromatic carbocycles. The fourth-order valence-electron chi connectivity index (χ4n) is 0.750. The van der Waals surface area contributed by atoms with Crippen molar-refractivity contribution in [1.29, 1.82) is 0 Å². The maximum absolute atomic E-state index is 4.98. The molecule has 0 aromatic heterocycles. The van der Waals surface area contributed by atoms with Crippen LogP contribution in [-0.2, 0) is 0 Å². The van der Waals surface area contributed by atoms with Crippen LogP contribution in [0.15, 0.2) is 24.9 Å². The lowest BCUT2D eigenvalue weighted by Gasteiger charge is -2.15. The molecule has 0 saturated heterocycles. The summed E-state index contributed by atoms with van der Waals surface area (Å²) < 4.78 is 0. The van der Waals surface area contributed by atoms with Gasteiger partial charge in [-0.25, -0.2) is 0 Å². The van der Waals surface area contributed by atoms with Crippen LogP contribution in [0.1, 0.15) is 40.5 Å². The lowest BCUT2D eigenvalue weighted by Crippen LogP contribution is -2.02. The van der Waals surface area contributed by atoms with Crippen molar-refractivity contribution in [2.24, 2.45) is 11.1 Å². The molecule has 0 aliphatic rings. The highest BCUT2D eigenvalue weighted by atomic mass is 14.5. The zero-order valence-corrected chi connectivity index (χ0v) is 8.98. The van der Waals surface area contributed by atoms with Crippen LogP contribution in [0.3, 0.4) is 0 Å². The second kappa shape index (κ2) is 6.96. The van der Waals surface area contributed by atoms with E-state index in [0.29, 0.717) is 11.1 Å². The predicted molar refractivity (Wildman–Crippen MR) is 57.9 cm³/mol. The van der Waals surface area contributed by atoms with Gasteiger partial charge in [0.1, 0.15) is 0 Å². The topological polar surface area (TPSA) is 26.0 Å². The van der Waals surface area contributed by atoms with E-state index in [4.69, 9.17) is 5.73 Å². The summed E-state index contributed by atoms with van der Waals surface area (Å²) in [4.78, 5) is 0. The summed E-state index contributed by atoms with van der Waals surface area (Å²) in [5.74, 6) is 0. The average molecular weight is 169 g/mol. The van der Waals surface area contributed by atoms with Crippen LogP contribution < -0.4 is 5.73 Å². The second-order valence-corrected chi connectivity index (χ2v) is 4.09. The van der Waals surface area contributed by atoms with Gasteiger partial charge in [0.25, 0.3) is 0 Å². The summed E-state index contributed by atoms with van der Waals surface area (Å²) in [6, 6.07) is 0. The molecule has 0 aliphatic heterocycles. The lowest BCUT2D eigenvalue weighted by molar-refractivity contribution is 0.373. The molecule has 0 heterocycles. The molecule has 0 saturated carbocycles. The number of rotatable bonds is 2. The molecule has 0 amide bonds. The Hall–Kier alpha value is -0.720. The van der Waals surface area contributed by atoms with Gasteiger partial charge in [0.05, 0.1) is 0 Å². The Morgan fingerprint density at radius 2 is 1.75 bits per heavy atom. The molecule has 2 N–H and O–H groups in total. The first-order valence-corrected chi connectivity index (χ1v) is 4.40. The normalized spacial score (nSPS) is 9.67. The Bertz CT molecular complexity index is 128. The monoisotopic (exact) mass is 169 g/mol. The van der Waals surface area contributed by atoms with Crippen LogP contribution in [0.4, 0.5) is 0 Å². The van der Waals surface area contributed by atoms with Gasteiger partial charge in [0, 0.05) is 5.70 Å². The third-order valence-electron chi connectivity index (χ3n) is 1.26. The number of hydrogen-bond donors (Lipinski definition) is 1. The zero-order valence-electron chi connectivity index (χ0n) is 8.98. The van der Waals surface area contributed by atoms with Crippen LogP contribution >= 0.6 is 0 Å². The minimum Gasteiger partial charge on any atom is -0.399 e. The Morgan fingerprint density at radius 1 is 1.42 bits per heavy atom. The predicted octanol–water partition coefficient (Wildman–Crippen LogP) is 3.48. The molecule has 0 unspecified atom stereocenters. The van der Waals surface area contributed by atoms with E-state index in [1.54, 1.807) is 0 Å². The van der Waals surface area contributed by atoms with Gasteiger partial charge < -0.3 is 5.73 Å². The van der Waals surface area contributed by atoms with Crippen molar-refractivity contribution in [3.05, 3.63) is 24.9 Å². The minimum absolute atomic E-state index is 0.519. The van der Waals surface area contributed by atoms with E-state index in [1.807, 2.05) is 0 Å². The van der Waals surface area contributed by atoms with Crippen molar-refractivity contribution in [2.75, 3.05) is 0 Å².